The lowest BCUT2D eigenvalue weighted by Crippen LogP contribution is -2.50. The highest BCUT2D eigenvalue weighted by Gasteiger charge is 2.58. The molecule has 6 aliphatic rings. The molecule has 2 saturated carbocycles. The lowest BCUT2D eigenvalue weighted by atomic mass is 10.0. The zero-order chi connectivity index (χ0) is 48.8. The van der Waals surface area contributed by atoms with Crippen LogP contribution in [-0.2, 0) is 20.9 Å². The van der Waals surface area contributed by atoms with Crippen LogP contribution in [0.25, 0.3) is 0 Å². The Labute approximate surface area is 401 Å². The fourth-order valence-corrected chi connectivity index (χ4v) is 9.98. The highest BCUT2D eigenvalue weighted by Crippen LogP contribution is 2.57. The summed E-state index contributed by atoms with van der Waals surface area (Å²) in [6.45, 7) is 6.95. The van der Waals surface area contributed by atoms with Gasteiger partial charge < -0.3 is 55.0 Å². The second-order valence-corrected chi connectivity index (χ2v) is 20.0. The van der Waals surface area contributed by atoms with E-state index in [4.69, 9.17) is 34.4 Å². The molecule has 1 unspecified atom stereocenters. The number of carbonyl (C=O) groups excluding carboxylic acids is 5. The Morgan fingerprint density at radius 1 is 0.797 bits per heavy atom. The minimum Gasteiger partial charge on any atom is -0.493 e. The van der Waals surface area contributed by atoms with Gasteiger partial charge in [-0.2, -0.15) is 0 Å². The number of hydrogen-bond acceptors (Lipinski definition) is 13. The lowest BCUT2D eigenvalue weighted by molar-refractivity contribution is -0.127. The molecule has 4 fully saturated rings. The minimum absolute atomic E-state index is 0.00769. The number of methoxy groups -OCH3 is 2. The van der Waals surface area contributed by atoms with E-state index in [1.54, 1.807) is 67.5 Å². The van der Waals surface area contributed by atoms with E-state index in [0.29, 0.717) is 72.2 Å². The van der Waals surface area contributed by atoms with Crippen LogP contribution in [0.3, 0.4) is 0 Å². The van der Waals surface area contributed by atoms with Crippen LogP contribution in [0.5, 0.6) is 23.0 Å². The molecule has 0 radical (unpaired) electrons. The van der Waals surface area contributed by atoms with Crippen LogP contribution < -0.4 is 40.2 Å². The van der Waals surface area contributed by atoms with Crippen LogP contribution in [-0.4, -0.2) is 122 Å². The van der Waals surface area contributed by atoms with E-state index < -0.39 is 42.3 Å². The van der Waals surface area contributed by atoms with Crippen molar-refractivity contribution in [3.63, 3.8) is 0 Å². The third-order valence-corrected chi connectivity index (χ3v) is 14.7. The number of aliphatic imine (C=N–C) groups is 1. The van der Waals surface area contributed by atoms with Crippen molar-refractivity contribution in [1.82, 2.24) is 15.1 Å². The third kappa shape index (κ3) is 9.78. The number of rotatable bonds is 17. The van der Waals surface area contributed by atoms with Gasteiger partial charge in [0, 0.05) is 37.1 Å². The summed E-state index contributed by atoms with van der Waals surface area (Å²) >= 11 is 0. The molecule has 3 aromatic rings. The van der Waals surface area contributed by atoms with Crippen LogP contribution in [0, 0.1) is 16.7 Å². The topological polar surface area (TPSA) is 224 Å². The van der Waals surface area contributed by atoms with E-state index in [0.717, 1.165) is 50.0 Å². The summed E-state index contributed by atoms with van der Waals surface area (Å²) in [4.78, 5) is 76.7. The van der Waals surface area contributed by atoms with Crippen molar-refractivity contribution in [3.05, 3.63) is 65.2 Å². The van der Waals surface area contributed by atoms with E-state index >= 15 is 0 Å². The lowest BCUT2D eigenvalue weighted by Gasteiger charge is -2.31. The predicted octanol–water partition coefficient (Wildman–Crippen LogP) is 5.94. The number of unbranched alkanes of at least 4 members (excludes halogenated alkanes) is 2. The molecule has 2 saturated heterocycles. The second-order valence-electron chi connectivity index (χ2n) is 20.0. The van der Waals surface area contributed by atoms with Crippen molar-refractivity contribution in [2.75, 3.05) is 50.7 Å². The van der Waals surface area contributed by atoms with Crippen molar-refractivity contribution in [1.29, 1.82) is 0 Å². The molecule has 368 valence electrons. The number of fused-ring (bicyclic) bond motifs is 4. The number of nitrogens with zero attached hydrogens (tertiary/aromatic N) is 4. The van der Waals surface area contributed by atoms with E-state index in [2.05, 4.69) is 10.6 Å². The molecule has 5 atom stereocenters. The average Bonchev–Trinajstić information content (AvgIpc) is 4.22. The number of nitrogens with one attached hydrogen (secondary N) is 2. The molecule has 18 nitrogen and oxygen atoms in total. The maximum Gasteiger partial charge on any atom is 0.416 e. The summed E-state index contributed by atoms with van der Waals surface area (Å²) in [5.41, 5.74) is 8.58. The summed E-state index contributed by atoms with van der Waals surface area (Å²) in [6.07, 6.45) is 7.41. The predicted molar refractivity (Wildman–Crippen MR) is 255 cm³/mol. The summed E-state index contributed by atoms with van der Waals surface area (Å²) < 4.78 is 29.6. The first-order valence-corrected chi connectivity index (χ1v) is 24.1. The SMILES string of the molecule is COc1cc2c(cc1OCCCCCOc1cc3c(cc1OC)C(=O)N1CC4(CC4)C[C@H]1C(O)N3C(=O)OCc1ccc(NC(=O)[C@H](C)NC(=O)[C@@H](N)C(C)C)cc1)N=C[C@@H]1CC3(CC3)CN1C2=O. The molecule has 4 aliphatic heterocycles. The molecular formula is C51H63N7O11. The van der Waals surface area contributed by atoms with Gasteiger partial charge in [-0.25, -0.2) is 9.69 Å². The molecule has 0 bridgehead atoms. The number of carbonyl (C=O) groups is 5. The fraction of sp³-hybridized carbons (Fsp3) is 0.529. The first kappa shape index (κ1) is 47.7. The molecule has 2 spiro atoms. The molecular weight excluding hydrogens is 887 g/mol. The Morgan fingerprint density at radius 2 is 1.41 bits per heavy atom. The summed E-state index contributed by atoms with van der Waals surface area (Å²) in [7, 11) is 3.04. The van der Waals surface area contributed by atoms with Gasteiger partial charge in [-0.05, 0) is 111 Å². The minimum atomic E-state index is -1.41. The zero-order valence-corrected chi connectivity index (χ0v) is 40.0. The number of benzene rings is 3. The maximum absolute atomic E-state index is 14.3. The molecule has 5 N–H and O–H groups in total. The average molecular weight is 950 g/mol. The van der Waals surface area contributed by atoms with Crippen molar-refractivity contribution in [2.24, 2.45) is 27.5 Å². The Kier molecular flexibility index (Phi) is 13.2. The Morgan fingerprint density at radius 3 is 2.04 bits per heavy atom. The number of ether oxygens (including phenoxy) is 5. The van der Waals surface area contributed by atoms with E-state index in [1.165, 1.54) is 7.11 Å². The quantitative estimate of drug-likeness (QED) is 0.116. The molecule has 3 aromatic carbocycles. The van der Waals surface area contributed by atoms with Crippen molar-refractivity contribution < 1.29 is 52.8 Å². The van der Waals surface area contributed by atoms with Crippen molar-refractivity contribution in [2.45, 2.75) is 116 Å². The van der Waals surface area contributed by atoms with E-state index in [9.17, 15) is 29.1 Å². The molecule has 69 heavy (non-hydrogen) atoms. The van der Waals surface area contributed by atoms with Gasteiger partial charge in [-0.1, -0.05) is 26.0 Å². The van der Waals surface area contributed by atoms with Gasteiger partial charge in [0.25, 0.3) is 11.8 Å². The monoisotopic (exact) mass is 949 g/mol. The Bertz CT molecular complexity index is 2520. The van der Waals surface area contributed by atoms with Gasteiger partial charge in [0.1, 0.15) is 12.6 Å². The number of amides is 5. The van der Waals surface area contributed by atoms with Gasteiger partial charge in [0.15, 0.2) is 29.2 Å². The summed E-state index contributed by atoms with van der Waals surface area (Å²) in [5, 5.41) is 17.4. The zero-order valence-electron chi connectivity index (χ0n) is 40.0. The Hall–Kier alpha value is -6.40. The number of hydrogen-bond donors (Lipinski definition) is 4. The molecule has 18 heteroatoms. The Balaban J connectivity index is 0.824. The molecule has 5 amide bonds. The first-order valence-electron chi connectivity index (χ1n) is 24.1. The highest BCUT2D eigenvalue weighted by molar-refractivity contribution is 6.06. The normalized spacial score (nSPS) is 21.9. The number of aliphatic hydroxyl groups excluding tert-OH is 1. The molecule has 9 rings (SSSR count). The van der Waals surface area contributed by atoms with Gasteiger partial charge in [0.05, 0.1) is 68.1 Å². The van der Waals surface area contributed by atoms with E-state index in [1.807, 2.05) is 25.0 Å². The number of anilines is 2. The van der Waals surface area contributed by atoms with Gasteiger partial charge in [-0.3, -0.25) is 24.2 Å². The molecule has 2 aliphatic carbocycles. The smallest absolute Gasteiger partial charge is 0.416 e. The van der Waals surface area contributed by atoms with E-state index in [-0.39, 0.29) is 64.8 Å². The fourth-order valence-electron chi connectivity index (χ4n) is 9.98. The van der Waals surface area contributed by atoms with Crippen LogP contribution in [0.4, 0.5) is 21.9 Å². The largest absolute Gasteiger partial charge is 0.493 e. The van der Waals surface area contributed by atoms with Gasteiger partial charge in [-0.15, -0.1) is 0 Å². The van der Waals surface area contributed by atoms with Crippen LogP contribution in [0.2, 0.25) is 0 Å². The maximum atomic E-state index is 14.3. The van der Waals surface area contributed by atoms with Crippen molar-refractivity contribution in [3.8, 4) is 23.0 Å². The first-order chi connectivity index (χ1) is 33.1. The summed E-state index contributed by atoms with van der Waals surface area (Å²) in [6, 6.07) is 11.1. The number of aliphatic hydroxyl groups is 1. The standard InChI is InChI=1S/C51H63N7O11/c1-29(2)43(52)45(60)54-30(3)44(59)55-32-11-9-31(10-12-32)26-69-49(64)58-37-22-42(40(66-5)20-35(37)47(62)57-28-51(15-16-51)24-38(57)48(58)63)68-18-8-6-7-17-67-41-21-36-34(19-39(41)65-4)46(61)56-27-50(13-14-50)23-33(56)25-53-36/h9-12,19-22,25,29-30,33,38,43,48,63H,6-8,13-18,23-24,26-28,52H2,1-5H3,(H,54,60)(H,55,59)/t30-,33-,38-,43-,48?/m0/s1. The highest BCUT2D eigenvalue weighted by atomic mass is 16.6. The summed E-state index contributed by atoms with van der Waals surface area (Å²) in [5.74, 6) is 0.307. The molecule has 0 aromatic heterocycles. The van der Waals surface area contributed by atoms with Crippen molar-refractivity contribution >= 4 is 53.0 Å². The number of nitrogens with two attached hydrogens (primary N) is 1. The second kappa shape index (κ2) is 19.2. The van der Waals surface area contributed by atoms with Crippen LogP contribution in [0.1, 0.15) is 105 Å². The van der Waals surface area contributed by atoms with Gasteiger partial charge >= 0.3 is 6.09 Å². The molecule has 4 heterocycles. The van der Waals surface area contributed by atoms with Crippen LogP contribution >= 0.6 is 0 Å². The van der Waals surface area contributed by atoms with Gasteiger partial charge in [0.2, 0.25) is 11.8 Å². The van der Waals surface area contributed by atoms with Crippen LogP contribution in [0.15, 0.2) is 53.5 Å². The third-order valence-electron chi connectivity index (χ3n) is 14.7.